The van der Waals surface area contributed by atoms with E-state index in [1.165, 1.54) is 0 Å². The van der Waals surface area contributed by atoms with Gasteiger partial charge in [-0.3, -0.25) is 10.1 Å². The fraction of sp³-hybridized carbons (Fsp3) is 0.400. The number of nitrogens with zero attached hydrogens (tertiary/aromatic N) is 1. The molecule has 0 spiro atoms. The van der Waals surface area contributed by atoms with Gasteiger partial charge >= 0.3 is 24.6 Å². The maximum absolute atomic E-state index is 13.1. The van der Waals surface area contributed by atoms with Crippen molar-refractivity contribution in [1.82, 2.24) is 0 Å². The van der Waals surface area contributed by atoms with E-state index in [2.05, 4.69) is 4.74 Å². The average molecular weight is 321 g/mol. The van der Waals surface area contributed by atoms with E-state index < -0.39 is 41.0 Å². The van der Waals surface area contributed by atoms with Gasteiger partial charge < -0.3 is 4.74 Å². The van der Waals surface area contributed by atoms with Crippen LogP contribution in [0.25, 0.3) is 0 Å². The molecule has 0 fully saturated rings. The highest BCUT2D eigenvalue weighted by molar-refractivity contribution is 5.36. The van der Waals surface area contributed by atoms with E-state index >= 15 is 0 Å². The van der Waals surface area contributed by atoms with Crippen LogP contribution in [0, 0.1) is 10.1 Å². The summed E-state index contributed by atoms with van der Waals surface area (Å²) in [7, 11) is 0. The van der Waals surface area contributed by atoms with E-state index in [1.807, 2.05) is 0 Å². The molecule has 0 aliphatic rings. The molecule has 0 saturated heterocycles. The molecule has 118 valence electrons. The van der Waals surface area contributed by atoms with Crippen LogP contribution in [0.1, 0.15) is 0 Å². The molecule has 0 radical (unpaired) electrons. The minimum absolute atomic E-state index is 0.498. The van der Waals surface area contributed by atoms with E-state index in [0.717, 1.165) is 12.1 Å². The summed E-state index contributed by atoms with van der Waals surface area (Å²) in [4.78, 5) is 9.42. The molecule has 0 aromatic heterocycles. The summed E-state index contributed by atoms with van der Waals surface area (Å²) in [5.74, 6) is -12.5. The highest BCUT2D eigenvalue weighted by Gasteiger charge is 2.68. The van der Waals surface area contributed by atoms with Gasteiger partial charge in [-0.1, -0.05) is 0 Å². The summed E-state index contributed by atoms with van der Waals surface area (Å²) in [6.45, 7) is 0. The molecule has 1 rings (SSSR count). The van der Waals surface area contributed by atoms with E-state index in [4.69, 9.17) is 0 Å². The lowest BCUT2D eigenvalue weighted by molar-refractivity contribution is -0.384. The molecule has 11 heteroatoms. The highest BCUT2D eigenvalue weighted by Crippen LogP contribution is 2.43. The van der Waals surface area contributed by atoms with Crippen LogP contribution in [-0.4, -0.2) is 29.6 Å². The van der Waals surface area contributed by atoms with Gasteiger partial charge in [-0.05, 0) is 12.1 Å². The Hall–Kier alpha value is -2.07. The Labute approximate surface area is 112 Å². The minimum atomic E-state index is -5.94. The second-order valence-electron chi connectivity index (χ2n) is 3.73. The third-order valence-corrected chi connectivity index (χ3v) is 2.29. The molecule has 0 heterocycles. The van der Waals surface area contributed by atoms with Crippen LogP contribution in [0.3, 0.4) is 0 Å². The van der Waals surface area contributed by atoms with Crippen molar-refractivity contribution < 1.29 is 40.4 Å². The Balaban J connectivity index is 2.89. The monoisotopic (exact) mass is 321 g/mol. The predicted molar refractivity (Wildman–Crippen MR) is 54.5 cm³/mol. The first-order chi connectivity index (χ1) is 9.50. The molecule has 1 aromatic rings. The molecular weight excluding hydrogens is 315 g/mol. The number of alkyl halides is 7. The Morgan fingerprint density at radius 2 is 1.48 bits per heavy atom. The molecule has 21 heavy (non-hydrogen) atoms. The summed E-state index contributed by atoms with van der Waals surface area (Å²) in [5, 5.41) is 10.3. The highest BCUT2D eigenvalue weighted by atomic mass is 19.3. The second-order valence-corrected chi connectivity index (χ2v) is 3.73. The SMILES string of the molecule is O=[N+]([O-])c1ccc(OC(F)C(F)(F)C(F)(F)C(F)F)cc1. The molecular formula is C10H6F7NO3. The molecule has 0 amide bonds. The molecule has 1 atom stereocenters. The van der Waals surface area contributed by atoms with Gasteiger partial charge in [-0.15, -0.1) is 0 Å². The zero-order chi connectivity index (χ0) is 16.4. The zero-order valence-electron chi connectivity index (χ0n) is 9.78. The van der Waals surface area contributed by atoms with Crippen LogP contribution in [0.5, 0.6) is 5.75 Å². The fourth-order valence-corrected chi connectivity index (χ4v) is 1.14. The van der Waals surface area contributed by atoms with Crippen LogP contribution >= 0.6 is 0 Å². The van der Waals surface area contributed by atoms with Crippen molar-refractivity contribution in [2.75, 3.05) is 0 Å². The summed E-state index contributed by atoms with van der Waals surface area (Å²) in [6, 6.07) is 2.76. The lowest BCUT2D eigenvalue weighted by Crippen LogP contribution is -2.54. The Morgan fingerprint density at radius 3 is 1.86 bits per heavy atom. The normalized spacial score (nSPS) is 14.1. The van der Waals surface area contributed by atoms with Crippen molar-refractivity contribution in [1.29, 1.82) is 0 Å². The van der Waals surface area contributed by atoms with E-state index in [0.29, 0.717) is 12.1 Å². The molecule has 0 saturated carbocycles. The largest absolute Gasteiger partial charge is 0.454 e. The number of halogens is 7. The van der Waals surface area contributed by atoms with Crippen LogP contribution in [0.2, 0.25) is 0 Å². The molecule has 1 aromatic carbocycles. The number of hydrogen-bond donors (Lipinski definition) is 0. The number of ether oxygens (including phenoxy) is 1. The summed E-state index contributed by atoms with van der Waals surface area (Å²) < 4.78 is 91.4. The lowest BCUT2D eigenvalue weighted by atomic mass is 10.2. The number of non-ortho nitro benzene ring substituents is 1. The molecule has 0 aliphatic carbocycles. The Morgan fingerprint density at radius 1 is 1.00 bits per heavy atom. The quantitative estimate of drug-likeness (QED) is 0.455. The summed E-state index contributed by atoms with van der Waals surface area (Å²) >= 11 is 0. The number of hydrogen-bond acceptors (Lipinski definition) is 3. The zero-order valence-corrected chi connectivity index (χ0v) is 9.78. The molecule has 4 nitrogen and oxygen atoms in total. The first kappa shape index (κ1) is 17.0. The van der Waals surface area contributed by atoms with Gasteiger partial charge in [-0.25, -0.2) is 8.78 Å². The topological polar surface area (TPSA) is 52.4 Å². The maximum Gasteiger partial charge on any atom is 0.381 e. The van der Waals surface area contributed by atoms with Gasteiger partial charge in [0.05, 0.1) is 4.92 Å². The Kier molecular flexibility index (Phi) is 4.64. The standard InChI is InChI=1S/C10H6F7NO3/c11-7(12)9(14,15)10(16,17)8(13)21-6-3-1-5(2-4-6)18(19)20/h1-4,7-8H. The lowest BCUT2D eigenvalue weighted by Gasteiger charge is -2.28. The summed E-state index contributed by atoms with van der Waals surface area (Å²) in [6.07, 6.45) is -8.87. The first-order valence-corrected chi connectivity index (χ1v) is 5.09. The average Bonchev–Trinajstić information content (AvgIpc) is 2.38. The van der Waals surface area contributed by atoms with Crippen LogP contribution in [-0.2, 0) is 0 Å². The maximum atomic E-state index is 13.1. The van der Waals surface area contributed by atoms with Gasteiger partial charge in [0.2, 0.25) is 0 Å². The number of rotatable bonds is 6. The van der Waals surface area contributed by atoms with Crippen molar-refractivity contribution in [3.05, 3.63) is 34.4 Å². The van der Waals surface area contributed by atoms with Gasteiger partial charge in [0.25, 0.3) is 5.69 Å². The number of nitro benzene ring substituents is 1. The molecule has 0 bridgehead atoms. The Bertz CT molecular complexity index is 506. The van der Waals surface area contributed by atoms with Crippen LogP contribution in [0.15, 0.2) is 24.3 Å². The van der Waals surface area contributed by atoms with Gasteiger partial charge in [-0.2, -0.15) is 22.0 Å². The van der Waals surface area contributed by atoms with Gasteiger partial charge in [0.15, 0.2) is 0 Å². The van der Waals surface area contributed by atoms with Crippen molar-refractivity contribution >= 4 is 5.69 Å². The predicted octanol–water partition coefficient (Wildman–Crippen LogP) is 3.80. The second kappa shape index (κ2) is 5.74. The minimum Gasteiger partial charge on any atom is -0.454 e. The number of nitro groups is 1. The van der Waals surface area contributed by atoms with E-state index in [9.17, 15) is 40.8 Å². The fourth-order valence-electron chi connectivity index (χ4n) is 1.14. The smallest absolute Gasteiger partial charge is 0.381 e. The molecule has 1 unspecified atom stereocenters. The van der Waals surface area contributed by atoms with Crippen LogP contribution in [0.4, 0.5) is 36.4 Å². The number of benzene rings is 1. The van der Waals surface area contributed by atoms with Crippen molar-refractivity contribution in [3.8, 4) is 5.75 Å². The van der Waals surface area contributed by atoms with Gasteiger partial charge in [0.1, 0.15) is 5.75 Å². The van der Waals surface area contributed by atoms with E-state index in [-0.39, 0.29) is 0 Å². The van der Waals surface area contributed by atoms with Crippen molar-refractivity contribution in [2.24, 2.45) is 0 Å². The van der Waals surface area contributed by atoms with E-state index in [1.54, 1.807) is 0 Å². The first-order valence-electron chi connectivity index (χ1n) is 5.09. The van der Waals surface area contributed by atoms with Gasteiger partial charge in [0, 0.05) is 12.1 Å². The molecule has 0 N–H and O–H groups in total. The third kappa shape index (κ3) is 3.34. The summed E-state index contributed by atoms with van der Waals surface area (Å²) in [5.41, 5.74) is -0.498. The van der Waals surface area contributed by atoms with Crippen molar-refractivity contribution in [2.45, 2.75) is 24.6 Å². The third-order valence-electron chi connectivity index (χ3n) is 2.29. The molecule has 0 aliphatic heterocycles. The van der Waals surface area contributed by atoms with Crippen LogP contribution < -0.4 is 4.74 Å². The van der Waals surface area contributed by atoms with Crippen molar-refractivity contribution in [3.63, 3.8) is 0 Å².